The van der Waals surface area contributed by atoms with Crippen LogP contribution in [0.3, 0.4) is 0 Å². The van der Waals surface area contributed by atoms with E-state index < -0.39 is 4.92 Å². The first-order valence-corrected chi connectivity index (χ1v) is 4.43. The van der Waals surface area contributed by atoms with Crippen LogP contribution in [0.25, 0.3) is 0 Å². The van der Waals surface area contributed by atoms with Gasteiger partial charge in [-0.3, -0.25) is 10.1 Å². The summed E-state index contributed by atoms with van der Waals surface area (Å²) in [7, 11) is 3.54. The molecule has 0 radical (unpaired) electrons. The molecule has 1 aromatic carbocycles. The van der Waals surface area contributed by atoms with Gasteiger partial charge in [-0.1, -0.05) is 0 Å². The maximum absolute atomic E-state index is 10.6. The second-order valence-electron chi connectivity index (χ2n) is 3.28. The Morgan fingerprint density at radius 1 is 1.56 bits per heavy atom. The minimum absolute atomic E-state index is 0.0788. The molecule has 16 heavy (non-hydrogen) atoms. The second kappa shape index (κ2) is 4.89. The van der Waals surface area contributed by atoms with Gasteiger partial charge in [0.25, 0.3) is 5.69 Å². The van der Waals surface area contributed by atoms with Crippen LogP contribution >= 0.6 is 0 Å². The van der Waals surface area contributed by atoms with Crippen molar-refractivity contribution in [1.29, 1.82) is 5.26 Å². The van der Waals surface area contributed by atoms with Crippen LogP contribution in [0, 0.1) is 21.4 Å². The normalized spacial score (nSPS) is 10.1. The zero-order chi connectivity index (χ0) is 12.1. The fourth-order valence-electron chi connectivity index (χ4n) is 1.01. The lowest BCUT2D eigenvalue weighted by atomic mass is 10.2. The van der Waals surface area contributed by atoms with Crippen molar-refractivity contribution in [1.82, 2.24) is 4.90 Å². The molecule has 0 saturated carbocycles. The van der Waals surface area contributed by atoms with E-state index in [4.69, 9.17) is 5.26 Å². The van der Waals surface area contributed by atoms with Crippen molar-refractivity contribution >= 4 is 17.7 Å². The highest BCUT2D eigenvalue weighted by Gasteiger charge is 2.09. The Morgan fingerprint density at radius 2 is 2.25 bits per heavy atom. The van der Waals surface area contributed by atoms with Gasteiger partial charge < -0.3 is 4.90 Å². The molecule has 0 saturated heterocycles. The number of nitriles is 1. The first kappa shape index (κ1) is 11.7. The van der Waals surface area contributed by atoms with E-state index >= 15 is 0 Å². The van der Waals surface area contributed by atoms with E-state index in [2.05, 4.69) is 4.99 Å². The largest absolute Gasteiger partial charge is 0.369 e. The Morgan fingerprint density at radius 3 is 2.75 bits per heavy atom. The van der Waals surface area contributed by atoms with E-state index in [1.807, 2.05) is 6.07 Å². The van der Waals surface area contributed by atoms with Crippen molar-refractivity contribution in [3.63, 3.8) is 0 Å². The minimum Gasteiger partial charge on any atom is -0.369 e. The van der Waals surface area contributed by atoms with Gasteiger partial charge in [0.05, 0.1) is 22.5 Å². The quantitative estimate of drug-likeness (QED) is 0.334. The number of hydrogen-bond acceptors (Lipinski definition) is 4. The maximum atomic E-state index is 10.6. The van der Waals surface area contributed by atoms with Crippen LogP contribution in [-0.2, 0) is 0 Å². The average Bonchev–Trinajstić information content (AvgIpc) is 2.25. The summed E-state index contributed by atoms with van der Waals surface area (Å²) in [4.78, 5) is 15.7. The van der Waals surface area contributed by atoms with Crippen LogP contribution in [0.15, 0.2) is 23.2 Å². The number of nitrogens with zero attached hydrogens (tertiary/aromatic N) is 4. The van der Waals surface area contributed by atoms with E-state index in [0.717, 1.165) is 0 Å². The summed E-state index contributed by atoms with van der Waals surface area (Å²) in [5.41, 5.74) is 0.527. The number of hydrogen-bond donors (Lipinski definition) is 0. The Labute approximate surface area is 92.6 Å². The molecule has 6 heteroatoms. The van der Waals surface area contributed by atoms with Crippen molar-refractivity contribution in [3.05, 3.63) is 33.9 Å². The molecule has 6 nitrogen and oxygen atoms in total. The SMILES string of the molecule is CN(C)/C=N\c1cc([N+](=O)[O-])ccc1C#N. The zero-order valence-corrected chi connectivity index (χ0v) is 8.91. The van der Waals surface area contributed by atoms with Crippen LogP contribution in [0.1, 0.15) is 5.56 Å². The first-order valence-electron chi connectivity index (χ1n) is 4.43. The van der Waals surface area contributed by atoms with Crippen LogP contribution < -0.4 is 0 Å². The number of rotatable bonds is 3. The molecular weight excluding hydrogens is 208 g/mol. The number of nitro benzene ring substituents is 1. The van der Waals surface area contributed by atoms with Crippen molar-refractivity contribution in [2.45, 2.75) is 0 Å². The van der Waals surface area contributed by atoms with Gasteiger partial charge in [0, 0.05) is 26.2 Å². The molecule has 0 aliphatic heterocycles. The molecule has 0 atom stereocenters. The Bertz CT molecular complexity index is 474. The molecule has 0 aliphatic carbocycles. The molecule has 0 heterocycles. The maximum Gasteiger partial charge on any atom is 0.271 e. The fourth-order valence-corrected chi connectivity index (χ4v) is 1.01. The predicted molar refractivity (Wildman–Crippen MR) is 59.7 cm³/mol. The highest BCUT2D eigenvalue weighted by molar-refractivity contribution is 5.67. The lowest BCUT2D eigenvalue weighted by molar-refractivity contribution is -0.384. The van der Waals surface area contributed by atoms with Gasteiger partial charge in [-0.15, -0.1) is 0 Å². The van der Waals surface area contributed by atoms with Crippen molar-refractivity contribution in [2.24, 2.45) is 4.99 Å². The third-order valence-corrected chi connectivity index (χ3v) is 1.74. The highest BCUT2D eigenvalue weighted by Crippen LogP contribution is 2.24. The molecule has 0 amide bonds. The molecule has 1 aromatic rings. The van der Waals surface area contributed by atoms with Gasteiger partial charge in [-0.25, -0.2) is 4.99 Å². The van der Waals surface area contributed by atoms with Crippen molar-refractivity contribution in [3.8, 4) is 6.07 Å². The third kappa shape index (κ3) is 2.78. The van der Waals surface area contributed by atoms with E-state index in [-0.39, 0.29) is 5.69 Å². The third-order valence-electron chi connectivity index (χ3n) is 1.74. The zero-order valence-electron chi connectivity index (χ0n) is 8.91. The predicted octanol–water partition coefficient (Wildman–Crippen LogP) is 1.69. The summed E-state index contributed by atoms with van der Waals surface area (Å²) in [6, 6.07) is 5.88. The molecule has 0 unspecified atom stereocenters. The molecule has 82 valence electrons. The van der Waals surface area contributed by atoms with Crippen LogP contribution in [-0.4, -0.2) is 30.3 Å². The van der Waals surface area contributed by atoms with Gasteiger partial charge in [-0.2, -0.15) is 5.26 Å². The van der Waals surface area contributed by atoms with Crippen LogP contribution in [0.5, 0.6) is 0 Å². The molecule has 0 aliphatic rings. The molecule has 0 spiro atoms. The summed E-state index contributed by atoms with van der Waals surface area (Å²) in [6.45, 7) is 0. The second-order valence-corrected chi connectivity index (χ2v) is 3.28. The molecular formula is C10H10N4O2. The molecule has 1 rings (SSSR count). The van der Waals surface area contributed by atoms with Gasteiger partial charge >= 0.3 is 0 Å². The molecule has 0 bridgehead atoms. The Kier molecular flexibility index (Phi) is 3.56. The van der Waals surface area contributed by atoms with E-state index in [9.17, 15) is 10.1 Å². The summed E-state index contributed by atoms with van der Waals surface area (Å²) >= 11 is 0. The number of non-ortho nitro benzene ring substituents is 1. The highest BCUT2D eigenvalue weighted by atomic mass is 16.6. The minimum atomic E-state index is -0.518. The monoisotopic (exact) mass is 218 g/mol. The molecule has 0 N–H and O–H groups in total. The van der Waals surface area contributed by atoms with Gasteiger partial charge in [-0.05, 0) is 6.07 Å². The van der Waals surface area contributed by atoms with Crippen LogP contribution in [0.4, 0.5) is 11.4 Å². The van der Waals surface area contributed by atoms with Crippen molar-refractivity contribution in [2.75, 3.05) is 14.1 Å². The average molecular weight is 218 g/mol. The first-order chi connectivity index (χ1) is 7.54. The van der Waals surface area contributed by atoms with E-state index in [1.54, 1.807) is 19.0 Å². The fraction of sp³-hybridized carbons (Fsp3) is 0.200. The summed E-state index contributed by atoms with van der Waals surface area (Å²) in [5, 5.41) is 19.4. The number of aliphatic imine (C=N–C) groups is 1. The van der Waals surface area contributed by atoms with E-state index in [0.29, 0.717) is 11.3 Å². The topological polar surface area (TPSA) is 82.5 Å². The number of nitro groups is 1. The lowest BCUT2D eigenvalue weighted by Crippen LogP contribution is -2.07. The Hall–Kier alpha value is -2.42. The standard InChI is InChI=1S/C10H10N4O2/c1-13(2)7-12-10-5-9(14(15)16)4-3-8(10)6-11/h3-5,7H,1-2H3/b12-7-. The summed E-state index contributed by atoms with van der Waals surface area (Å²) < 4.78 is 0. The Balaban J connectivity index is 3.18. The number of benzene rings is 1. The smallest absolute Gasteiger partial charge is 0.271 e. The van der Waals surface area contributed by atoms with Crippen LogP contribution in [0.2, 0.25) is 0 Å². The van der Waals surface area contributed by atoms with Crippen molar-refractivity contribution < 1.29 is 4.92 Å². The van der Waals surface area contributed by atoms with Gasteiger partial charge in [0.2, 0.25) is 0 Å². The lowest BCUT2D eigenvalue weighted by Gasteiger charge is -2.03. The summed E-state index contributed by atoms with van der Waals surface area (Å²) in [6.07, 6.45) is 1.49. The van der Waals surface area contributed by atoms with E-state index in [1.165, 1.54) is 24.5 Å². The molecule has 0 fully saturated rings. The molecule has 0 aromatic heterocycles. The van der Waals surface area contributed by atoms with Gasteiger partial charge in [0.1, 0.15) is 6.07 Å². The van der Waals surface area contributed by atoms with Gasteiger partial charge in [0.15, 0.2) is 0 Å². The summed E-state index contributed by atoms with van der Waals surface area (Å²) in [5.74, 6) is 0.